The number of hydrogen-bond donors (Lipinski definition) is 1. The van der Waals surface area contributed by atoms with Crippen LogP contribution in [0.25, 0.3) is 0 Å². The second-order valence-electron chi connectivity index (χ2n) is 15.9. The van der Waals surface area contributed by atoms with Crippen LogP contribution in [0.4, 0.5) is 0 Å². The lowest BCUT2D eigenvalue weighted by Crippen LogP contribution is -2.50. The van der Waals surface area contributed by atoms with Gasteiger partial charge in [0.25, 0.3) is 0 Å². The number of carboxylic acid groups (broad SMARTS) is 1. The predicted molar refractivity (Wildman–Crippen MR) is 234 cm³/mol. The molecule has 0 amide bonds. The zero-order valence-electron chi connectivity index (χ0n) is 36.6. The molecule has 0 spiro atoms. The molecule has 56 heavy (non-hydrogen) atoms. The highest BCUT2D eigenvalue weighted by Crippen LogP contribution is 2.15. The number of esters is 2. The second-order valence-corrected chi connectivity index (χ2v) is 15.9. The summed E-state index contributed by atoms with van der Waals surface area (Å²) in [4.78, 5) is 36.9. The first kappa shape index (κ1) is 53.0. The van der Waals surface area contributed by atoms with Crippen molar-refractivity contribution < 1.29 is 38.2 Å². The van der Waals surface area contributed by atoms with E-state index in [0.29, 0.717) is 19.3 Å². The highest BCUT2D eigenvalue weighted by molar-refractivity contribution is 5.72. The predicted octanol–water partition coefficient (Wildman–Crippen LogP) is 12.2. The van der Waals surface area contributed by atoms with Gasteiger partial charge in [0, 0.05) is 12.8 Å². The lowest BCUT2D eigenvalue weighted by Gasteiger charge is -2.31. The van der Waals surface area contributed by atoms with Crippen molar-refractivity contribution in [3.05, 3.63) is 60.8 Å². The molecule has 8 nitrogen and oxygen atoms in total. The number of carboxylic acids is 1. The average molecular weight is 787 g/mol. The van der Waals surface area contributed by atoms with Gasteiger partial charge in [-0.2, -0.15) is 0 Å². The number of carbonyl (C=O) groups is 3. The summed E-state index contributed by atoms with van der Waals surface area (Å²) < 4.78 is 17.2. The molecule has 2 unspecified atom stereocenters. The molecule has 0 heterocycles. The zero-order chi connectivity index (χ0) is 41.4. The zero-order valence-corrected chi connectivity index (χ0v) is 36.6. The summed E-state index contributed by atoms with van der Waals surface area (Å²) in [7, 11) is 5.49. The van der Waals surface area contributed by atoms with Gasteiger partial charge in [0.2, 0.25) is 0 Å². The maximum atomic E-state index is 12.7. The molecule has 0 radical (unpaired) electrons. The van der Waals surface area contributed by atoms with E-state index in [-0.39, 0.29) is 36.7 Å². The van der Waals surface area contributed by atoms with Gasteiger partial charge in [0.15, 0.2) is 12.1 Å². The van der Waals surface area contributed by atoms with Gasteiger partial charge < -0.3 is 23.8 Å². The molecule has 0 saturated heterocycles. The third-order valence-corrected chi connectivity index (χ3v) is 9.71. The standard InChI is InChI=1S/C48H83NO7/c1-6-8-10-12-14-16-18-20-22-23-25-26-28-30-32-34-36-38-46(50)55-43-44(42-54-41-40-45(48(52)53)49(3,4)5)56-47(51)39-37-35-33-31-29-27-24-21-19-17-15-13-11-9-7-2/h9,11,15,17,21,24,29,31,35,37,44-45H,6-8,10,12-14,16,18-20,22-23,25-28,30,32-34,36,38-43H2,1-5H3/p+1/b11-9-,17-15-,24-21-,31-29-,37-35-. The Labute approximate surface area is 343 Å². The Morgan fingerprint density at radius 1 is 0.554 bits per heavy atom. The Bertz CT molecular complexity index is 1100. The molecule has 0 saturated carbocycles. The maximum Gasteiger partial charge on any atom is 0.362 e. The molecule has 0 aromatic heterocycles. The Hall–Kier alpha value is -2.97. The van der Waals surface area contributed by atoms with Gasteiger partial charge in [-0.05, 0) is 38.5 Å². The van der Waals surface area contributed by atoms with Crippen LogP contribution in [-0.2, 0) is 28.6 Å². The van der Waals surface area contributed by atoms with Gasteiger partial charge in [0.05, 0.1) is 40.8 Å². The fraction of sp³-hybridized carbons (Fsp3) is 0.729. The molecule has 1 N–H and O–H groups in total. The minimum absolute atomic E-state index is 0.0211. The monoisotopic (exact) mass is 787 g/mol. The smallest absolute Gasteiger partial charge is 0.362 e. The van der Waals surface area contributed by atoms with Crippen molar-refractivity contribution in [2.24, 2.45) is 0 Å². The van der Waals surface area contributed by atoms with Crippen LogP contribution in [0.5, 0.6) is 0 Å². The molecule has 0 aliphatic rings. The number of quaternary nitrogens is 1. The van der Waals surface area contributed by atoms with E-state index in [1.54, 1.807) is 6.08 Å². The van der Waals surface area contributed by atoms with Crippen LogP contribution in [0, 0.1) is 0 Å². The second kappa shape index (κ2) is 38.9. The van der Waals surface area contributed by atoms with E-state index < -0.39 is 24.1 Å². The quantitative estimate of drug-likeness (QED) is 0.0287. The van der Waals surface area contributed by atoms with Crippen LogP contribution in [-0.4, -0.2) is 80.6 Å². The van der Waals surface area contributed by atoms with Crippen molar-refractivity contribution in [2.45, 2.75) is 187 Å². The van der Waals surface area contributed by atoms with Crippen LogP contribution in [0.15, 0.2) is 60.8 Å². The van der Waals surface area contributed by atoms with E-state index in [1.165, 1.54) is 89.9 Å². The number of likely N-dealkylation sites (N-methyl/N-ethyl adjacent to an activating group) is 1. The van der Waals surface area contributed by atoms with Gasteiger partial charge in [-0.3, -0.25) is 9.59 Å². The summed E-state index contributed by atoms with van der Waals surface area (Å²) in [6.45, 7) is 4.52. The van der Waals surface area contributed by atoms with Gasteiger partial charge >= 0.3 is 17.9 Å². The van der Waals surface area contributed by atoms with Crippen LogP contribution in [0.3, 0.4) is 0 Å². The number of ether oxygens (including phenoxy) is 3. The molecule has 0 rings (SSSR count). The SMILES string of the molecule is CC/C=C\C/C=C\C/C=C\C/C=C\C/C=C\CC(=O)OC(COCCC(C(=O)O)[N+](C)(C)C)COC(=O)CCCCCCCCCCCCCCCCCCC. The Balaban J connectivity index is 4.43. The first-order valence-electron chi connectivity index (χ1n) is 22.3. The van der Waals surface area contributed by atoms with E-state index in [1.807, 2.05) is 27.2 Å². The largest absolute Gasteiger partial charge is 0.477 e. The normalized spacial score (nSPS) is 13.5. The molecule has 0 aromatic rings. The van der Waals surface area contributed by atoms with E-state index in [9.17, 15) is 19.5 Å². The van der Waals surface area contributed by atoms with E-state index in [0.717, 1.165) is 44.9 Å². The number of hydrogen-bond acceptors (Lipinski definition) is 6. The van der Waals surface area contributed by atoms with Crippen molar-refractivity contribution >= 4 is 17.9 Å². The molecular weight excluding hydrogens is 703 g/mol. The number of rotatable bonds is 39. The Morgan fingerprint density at radius 2 is 0.982 bits per heavy atom. The van der Waals surface area contributed by atoms with Gasteiger partial charge in [0.1, 0.15) is 6.61 Å². The highest BCUT2D eigenvalue weighted by atomic mass is 16.6. The lowest BCUT2D eigenvalue weighted by atomic mass is 10.0. The first-order chi connectivity index (χ1) is 27.1. The van der Waals surface area contributed by atoms with Crippen molar-refractivity contribution in [1.29, 1.82) is 0 Å². The summed E-state index contributed by atoms with van der Waals surface area (Å²) in [5, 5.41) is 9.61. The Morgan fingerprint density at radius 3 is 1.41 bits per heavy atom. The lowest BCUT2D eigenvalue weighted by molar-refractivity contribution is -0.887. The summed E-state index contributed by atoms with van der Waals surface area (Å²) in [5.74, 6) is -1.63. The van der Waals surface area contributed by atoms with E-state index in [4.69, 9.17) is 14.2 Å². The summed E-state index contributed by atoms with van der Waals surface area (Å²) in [6.07, 6.45) is 47.2. The molecule has 0 fully saturated rings. The summed E-state index contributed by atoms with van der Waals surface area (Å²) in [6, 6.07) is -0.631. The van der Waals surface area contributed by atoms with Crippen molar-refractivity contribution in [2.75, 3.05) is 41.0 Å². The molecule has 2 atom stereocenters. The van der Waals surface area contributed by atoms with E-state index >= 15 is 0 Å². The first-order valence-corrected chi connectivity index (χ1v) is 22.3. The fourth-order valence-electron chi connectivity index (χ4n) is 6.28. The van der Waals surface area contributed by atoms with Crippen molar-refractivity contribution in [3.63, 3.8) is 0 Å². The van der Waals surface area contributed by atoms with Crippen LogP contribution in [0.1, 0.15) is 174 Å². The van der Waals surface area contributed by atoms with Crippen LogP contribution >= 0.6 is 0 Å². The molecule has 322 valence electrons. The minimum Gasteiger partial charge on any atom is -0.477 e. The number of unbranched alkanes of at least 4 members (excludes halogenated alkanes) is 16. The molecule has 0 aliphatic heterocycles. The number of allylic oxidation sites excluding steroid dienone is 9. The number of nitrogens with zero attached hydrogens (tertiary/aromatic N) is 1. The third kappa shape index (κ3) is 36.7. The molecular formula is C48H84NO7+. The average Bonchev–Trinajstić information content (AvgIpc) is 3.15. The summed E-state index contributed by atoms with van der Waals surface area (Å²) >= 11 is 0. The van der Waals surface area contributed by atoms with E-state index in [2.05, 4.69) is 62.5 Å². The van der Waals surface area contributed by atoms with Crippen molar-refractivity contribution in [1.82, 2.24) is 0 Å². The molecule has 0 bridgehead atoms. The van der Waals surface area contributed by atoms with Gasteiger partial charge in [-0.15, -0.1) is 0 Å². The van der Waals surface area contributed by atoms with Crippen LogP contribution < -0.4 is 0 Å². The molecule has 8 heteroatoms. The van der Waals surface area contributed by atoms with Crippen molar-refractivity contribution in [3.8, 4) is 0 Å². The minimum atomic E-state index is -0.889. The molecule has 0 aromatic carbocycles. The highest BCUT2D eigenvalue weighted by Gasteiger charge is 2.31. The van der Waals surface area contributed by atoms with Crippen LogP contribution in [0.2, 0.25) is 0 Å². The van der Waals surface area contributed by atoms with Gasteiger partial charge in [-0.1, -0.05) is 177 Å². The topological polar surface area (TPSA) is 99.1 Å². The third-order valence-electron chi connectivity index (χ3n) is 9.71. The fourth-order valence-corrected chi connectivity index (χ4v) is 6.28. The van der Waals surface area contributed by atoms with Gasteiger partial charge in [-0.25, -0.2) is 4.79 Å². The number of carbonyl (C=O) groups excluding carboxylic acids is 2. The molecule has 0 aliphatic carbocycles. The number of aliphatic carboxylic acids is 1. The Kier molecular flexibility index (Phi) is 36.8. The summed E-state index contributed by atoms with van der Waals surface area (Å²) in [5.41, 5.74) is 0. The maximum absolute atomic E-state index is 12.7.